The van der Waals surface area contributed by atoms with Gasteiger partial charge in [-0.1, -0.05) is 290 Å². The van der Waals surface area contributed by atoms with Crippen molar-refractivity contribution >= 4 is 30.5 Å². The van der Waals surface area contributed by atoms with E-state index in [2.05, 4.69) is 20.8 Å². The third-order valence-electron chi connectivity index (χ3n) is 15.7. The van der Waals surface area contributed by atoms with E-state index >= 15 is 0 Å². The molecule has 0 aliphatic heterocycles. The summed E-state index contributed by atoms with van der Waals surface area (Å²) in [6.45, 7) is 7.22. The fourth-order valence-electron chi connectivity index (χ4n) is 9.55. The van der Waals surface area contributed by atoms with Gasteiger partial charge in [-0.15, -0.1) is 0 Å². The van der Waals surface area contributed by atoms with E-state index < -0.39 is 78.9 Å². The molecule has 0 bridgehead atoms. The molecular formula is C68H136O18. The van der Waals surface area contributed by atoms with Gasteiger partial charge in [0, 0.05) is 19.3 Å². The van der Waals surface area contributed by atoms with Crippen molar-refractivity contribution in [1.82, 2.24) is 0 Å². The van der Waals surface area contributed by atoms with E-state index in [1.165, 1.54) is 250 Å². The van der Waals surface area contributed by atoms with Gasteiger partial charge < -0.3 is 76.0 Å². The molecule has 8 atom stereocenters. The van der Waals surface area contributed by atoms with Crippen molar-refractivity contribution in [3.8, 4) is 0 Å². The molecule has 0 unspecified atom stereocenters. The number of hydrogen-bond donors (Lipinski definition) is 13. The fourth-order valence-corrected chi connectivity index (χ4v) is 9.55. The molecule has 0 aromatic carbocycles. The number of carboxylic acids is 3. The van der Waals surface area contributed by atoms with Gasteiger partial charge in [-0.3, -0.25) is 14.4 Å². The SMILES string of the molecule is CCCCCCCCCCCCCCCCCC(=O)O.CCCCCCCCCCCCCCCCCC(=O)O.CCCCCCCCCCCCCCCCCC(=O)O.C[C@](O)([C@H](O)[C@H](O)CO)[C@@H](O)C=O.C[C@](O)([C@H](O)[C@H](O)CO)[C@@H](O)C=O. The molecule has 516 valence electrons. The van der Waals surface area contributed by atoms with Crippen LogP contribution in [0.15, 0.2) is 0 Å². The topological polar surface area (TPSA) is 348 Å². The van der Waals surface area contributed by atoms with Crippen LogP contribution in [0.4, 0.5) is 0 Å². The lowest BCUT2D eigenvalue weighted by atomic mass is 9.90. The first-order chi connectivity index (χ1) is 41.1. The summed E-state index contributed by atoms with van der Waals surface area (Å²) in [5, 5.41) is 115. The van der Waals surface area contributed by atoms with Gasteiger partial charge in [0.15, 0.2) is 12.6 Å². The van der Waals surface area contributed by atoms with E-state index in [1.54, 1.807) is 0 Å². The molecule has 0 aromatic rings. The Morgan fingerprint density at radius 3 is 0.558 bits per heavy atom. The molecule has 18 nitrogen and oxygen atoms in total. The van der Waals surface area contributed by atoms with Gasteiger partial charge in [0.25, 0.3) is 0 Å². The number of carboxylic acid groups (broad SMARTS) is 3. The first kappa shape index (κ1) is 92.1. The van der Waals surface area contributed by atoms with E-state index in [9.17, 15) is 34.2 Å². The molecule has 0 radical (unpaired) electrons. The number of aliphatic hydroxyl groups is 10. The van der Waals surface area contributed by atoms with Crippen LogP contribution >= 0.6 is 0 Å². The highest BCUT2D eigenvalue weighted by molar-refractivity contribution is 5.67. The van der Waals surface area contributed by atoms with E-state index in [1.807, 2.05) is 0 Å². The Balaban J connectivity index is -0.000000322. The lowest BCUT2D eigenvalue weighted by Crippen LogP contribution is -2.56. The van der Waals surface area contributed by atoms with Crippen LogP contribution in [0.3, 0.4) is 0 Å². The molecule has 18 heteroatoms. The zero-order valence-electron chi connectivity index (χ0n) is 55.3. The summed E-state index contributed by atoms with van der Waals surface area (Å²) in [5.41, 5.74) is -4.35. The second kappa shape index (κ2) is 69.8. The maximum Gasteiger partial charge on any atom is 0.303 e. The molecule has 0 aliphatic rings. The maximum absolute atomic E-state index is 10.3. The molecule has 0 fully saturated rings. The van der Waals surface area contributed by atoms with Gasteiger partial charge in [0.05, 0.1) is 13.2 Å². The first-order valence-corrected chi connectivity index (χ1v) is 34.4. The van der Waals surface area contributed by atoms with E-state index in [0.29, 0.717) is 19.3 Å². The predicted molar refractivity (Wildman–Crippen MR) is 345 cm³/mol. The number of aldehydes is 2. The van der Waals surface area contributed by atoms with Crippen molar-refractivity contribution < 1.29 is 90.4 Å². The largest absolute Gasteiger partial charge is 0.481 e. The van der Waals surface area contributed by atoms with Crippen molar-refractivity contribution in [1.29, 1.82) is 0 Å². The second-order valence-corrected chi connectivity index (χ2v) is 24.3. The van der Waals surface area contributed by atoms with Crippen LogP contribution in [0.2, 0.25) is 0 Å². The molecule has 0 saturated carbocycles. The number of aliphatic hydroxyl groups excluding tert-OH is 8. The lowest BCUT2D eigenvalue weighted by molar-refractivity contribution is -0.173. The van der Waals surface area contributed by atoms with Crippen LogP contribution < -0.4 is 0 Å². The molecule has 0 amide bonds. The van der Waals surface area contributed by atoms with Crippen molar-refractivity contribution in [2.24, 2.45) is 0 Å². The van der Waals surface area contributed by atoms with Crippen LogP contribution in [0.1, 0.15) is 343 Å². The summed E-state index contributed by atoms with van der Waals surface area (Å²) in [6.07, 6.45) is 50.2. The molecule has 0 rings (SSSR count). The fraction of sp³-hybridized carbons (Fsp3) is 0.926. The average molecular weight is 1240 g/mol. The van der Waals surface area contributed by atoms with E-state index in [4.69, 9.17) is 56.2 Å². The Labute approximate surface area is 522 Å². The monoisotopic (exact) mass is 1240 g/mol. The van der Waals surface area contributed by atoms with Gasteiger partial charge in [-0.25, -0.2) is 0 Å². The summed E-state index contributed by atoms with van der Waals surface area (Å²) < 4.78 is 0. The van der Waals surface area contributed by atoms with Crippen LogP contribution in [0, 0.1) is 0 Å². The molecule has 0 saturated heterocycles. The van der Waals surface area contributed by atoms with Gasteiger partial charge in [-0.2, -0.15) is 0 Å². The molecule has 0 spiro atoms. The number of rotatable bonds is 58. The minimum Gasteiger partial charge on any atom is -0.481 e. The molecule has 0 heterocycles. The summed E-state index contributed by atoms with van der Waals surface area (Å²) in [7, 11) is 0. The van der Waals surface area contributed by atoms with Crippen molar-refractivity contribution in [3.05, 3.63) is 0 Å². The maximum atomic E-state index is 10.3. The number of unbranched alkanes of at least 4 members (excludes halogenated alkanes) is 42. The summed E-state index contributed by atoms with van der Waals surface area (Å²) in [5.74, 6) is -1.96. The predicted octanol–water partition coefficient (Wildman–Crippen LogP) is 13.0. The highest BCUT2D eigenvalue weighted by Gasteiger charge is 2.42. The minimum atomic E-state index is -2.18. The van der Waals surface area contributed by atoms with Crippen LogP contribution in [-0.4, -0.2) is 158 Å². The third-order valence-corrected chi connectivity index (χ3v) is 15.7. The van der Waals surface area contributed by atoms with Crippen LogP contribution in [0.5, 0.6) is 0 Å². The standard InChI is InChI=1S/3C18H36O2.2C7H14O6/c3*1-2-3-4-5-6-7-8-9-10-11-12-13-14-15-16-17-18(19)20;2*1-7(13,5(11)3-9)6(12)4(10)2-8/h3*2-17H2,1H3,(H,19,20);2*3-6,8,10-13H,2H2,1H3/t;;;2*4-,5+,6-,7-/m...11/s1. The lowest BCUT2D eigenvalue weighted by Gasteiger charge is -2.32. The number of carbonyl (C=O) groups is 5. The Morgan fingerprint density at radius 2 is 0.442 bits per heavy atom. The van der Waals surface area contributed by atoms with Crippen molar-refractivity contribution in [3.63, 3.8) is 0 Å². The smallest absolute Gasteiger partial charge is 0.303 e. The summed E-state index contributed by atoms with van der Waals surface area (Å²) >= 11 is 0. The Morgan fingerprint density at radius 1 is 0.302 bits per heavy atom. The third kappa shape index (κ3) is 67.3. The van der Waals surface area contributed by atoms with E-state index in [-0.39, 0.29) is 12.6 Å². The Bertz CT molecular complexity index is 1290. The van der Waals surface area contributed by atoms with E-state index in [0.717, 1.165) is 52.4 Å². The van der Waals surface area contributed by atoms with Gasteiger partial charge in [-0.05, 0) is 33.1 Å². The summed E-state index contributed by atoms with van der Waals surface area (Å²) in [6, 6.07) is 0. The first-order valence-electron chi connectivity index (χ1n) is 34.4. The number of carbonyl (C=O) groups excluding carboxylic acids is 2. The normalized spacial score (nSPS) is 14.5. The molecule has 0 aromatic heterocycles. The zero-order chi connectivity index (χ0) is 66.0. The van der Waals surface area contributed by atoms with Crippen LogP contribution in [-0.2, 0) is 24.0 Å². The number of hydrogen-bond acceptors (Lipinski definition) is 15. The molecular weight excluding hydrogens is 1100 g/mol. The molecule has 13 N–H and O–H groups in total. The zero-order valence-corrected chi connectivity index (χ0v) is 55.3. The Hall–Kier alpha value is -2.65. The number of aliphatic carboxylic acids is 3. The van der Waals surface area contributed by atoms with Gasteiger partial charge >= 0.3 is 17.9 Å². The average Bonchev–Trinajstić information content (AvgIpc) is 2.84. The van der Waals surface area contributed by atoms with Crippen molar-refractivity contribution in [2.75, 3.05) is 13.2 Å². The minimum absolute atomic E-state index is 0.0350. The summed E-state index contributed by atoms with van der Waals surface area (Å²) in [4.78, 5) is 51.2. The highest BCUT2D eigenvalue weighted by Crippen LogP contribution is 2.20. The molecule has 0 aliphatic carbocycles. The second-order valence-electron chi connectivity index (χ2n) is 24.3. The van der Waals surface area contributed by atoms with Gasteiger partial charge in [0.1, 0.15) is 47.8 Å². The van der Waals surface area contributed by atoms with Crippen LogP contribution in [0.25, 0.3) is 0 Å². The molecule has 86 heavy (non-hydrogen) atoms. The van der Waals surface area contributed by atoms with Crippen molar-refractivity contribution in [2.45, 2.75) is 391 Å². The van der Waals surface area contributed by atoms with Gasteiger partial charge in [0.2, 0.25) is 0 Å². The quantitative estimate of drug-likeness (QED) is 0.0199. The highest BCUT2D eigenvalue weighted by atomic mass is 16.4. The Kier molecular flexibility index (Phi) is 74.8.